The molecule has 0 radical (unpaired) electrons. The van der Waals surface area contributed by atoms with Crippen molar-refractivity contribution in [2.24, 2.45) is 0 Å². The predicted octanol–water partition coefficient (Wildman–Crippen LogP) is 7.07. The average Bonchev–Trinajstić information content (AvgIpc) is 3.55. The van der Waals surface area contributed by atoms with Gasteiger partial charge < -0.3 is 16.0 Å². The van der Waals surface area contributed by atoms with Crippen LogP contribution in [0.2, 0.25) is 0 Å². The third kappa shape index (κ3) is 4.82. The molecular weight excluding hydrogens is 491 g/mol. The molecule has 0 aliphatic rings. The van der Waals surface area contributed by atoms with Crippen LogP contribution in [0, 0.1) is 5.82 Å². The van der Waals surface area contributed by atoms with Gasteiger partial charge in [0.2, 0.25) is 0 Å². The van der Waals surface area contributed by atoms with Crippen LogP contribution >= 0.6 is 0 Å². The molecule has 6 rings (SSSR count). The number of hydrogen-bond acceptors (Lipinski definition) is 6. The average molecular weight is 519 g/mol. The zero-order valence-electron chi connectivity index (χ0n) is 21.4. The van der Waals surface area contributed by atoms with Crippen LogP contribution in [-0.2, 0) is 0 Å². The third-order valence-electron chi connectivity index (χ3n) is 6.67. The summed E-state index contributed by atoms with van der Waals surface area (Å²) in [5.41, 5.74) is 14.3. The SMILES string of the molecule is C=C(CCCC)Nc1cncc(-c2cc3c(-c4cc5c(-c6cc(N)cc(F)c6)cncc5[nH]4)n[nH]c3cn2)c1. The van der Waals surface area contributed by atoms with Crippen LogP contribution in [0.4, 0.5) is 15.8 Å². The number of rotatable bonds is 8. The maximum atomic E-state index is 14.1. The van der Waals surface area contributed by atoms with Gasteiger partial charge in [-0.2, -0.15) is 5.10 Å². The van der Waals surface area contributed by atoms with E-state index >= 15 is 0 Å². The summed E-state index contributed by atoms with van der Waals surface area (Å²) in [4.78, 5) is 16.8. The summed E-state index contributed by atoms with van der Waals surface area (Å²) in [6.07, 6.45) is 11.9. The van der Waals surface area contributed by atoms with Crippen molar-refractivity contribution in [2.45, 2.75) is 26.2 Å². The van der Waals surface area contributed by atoms with Gasteiger partial charge in [0, 0.05) is 45.7 Å². The maximum absolute atomic E-state index is 14.1. The van der Waals surface area contributed by atoms with Crippen LogP contribution < -0.4 is 11.1 Å². The molecule has 0 amide bonds. The molecule has 0 aliphatic heterocycles. The van der Waals surface area contributed by atoms with E-state index in [4.69, 9.17) is 5.73 Å². The number of benzene rings is 1. The zero-order chi connectivity index (χ0) is 26.9. The second kappa shape index (κ2) is 10.0. The number of aromatic amines is 2. The minimum absolute atomic E-state index is 0.357. The summed E-state index contributed by atoms with van der Waals surface area (Å²) in [5.74, 6) is -0.393. The third-order valence-corrected chi connectivity index (χ3v) is 6.67. The van der Waals surface area contributed by atoms with E-state index in [-0.39, 0.29) is 0 Å². The molecule has 5 aromatic heterocycles. The molecule has 1 aromatic carbocycles. The number of aromatic nitrogens is 6. The first-order valence-corrected chi connectivity index (χ1v) is 12.8. The quantitative estimate of drug-likeness (QED) is 0.160. The number of nitrogens with one attached hydrogen (secondary N) is 3. The highest BCUT2D eigenvalue weighted by atomic mass is 19.1. The number of pyridine rings is 3. The first-order chi connectivity index (χ1) is 19.0. The molecule has 0 bridgehead atoms. The fourth-order valence-corrected chi connectivity index (χ4v) is 4.76. The molecule has 0 atom stereocenters. The maximum Gasteiger partial charge on any atom is 0.125 e. The fourth-order valence-electron chi connectivity index (χ4n) is 4.76. The van der Waals surface area contributed by atoms with Crippen molar-refractivity contribution in [2.75, 3.05) is 11.1 Å². The number of nitrogen functional groups attached to an aromatic ring is 1. The van der Waals surface area contributed by atoms with Gasteiger partial charge in [-0.05, 0) is 54.8 Å². The van der Waals surface area contributed by atoms with Gasteiger partial charge in [0.25, 0.3) is 0 Å². The van der Waals surface area contributed by atoms with Crippen molar-refractivity contribution < 1.29 is 4.39 Å². The summed E-state index contributed by atoms with van der Waals surface area (Å²) in [7, 11) is 0. The van der Waals surface area contributed by atoms with E-state index in [0.29, 0.717) is 11.3 Å². The van der Waals surface area contributed by atoms with Crippen molar-refractivity contribution in [3.8, 4) is 33.8 Å². The highest BCUT2D eigenvalue weighted by Gasteiger charge is 2.16. The Morgan fingerprint density at radius 2 is 1.82 bits per heavy atom. The Labute approximate surface area is 224 Å². The summed E-state index contributed by atoms with van der Waals surface area (Å²) in [5, 5.41) is 12.8. The molecule has 39 heavy (non-hydrogen) atoms. The smallest absolute Gasteiger partial charge is 0.125 e. The highest BCUT2D eigenvalue weighted by molar-refractivity contribution is 6.01. The van der Waals surface area contributed by atoms with Gasteiger partial charge >= 0.3 is 0 Å². The second-order valence-electron chi connectivity index (χ2n) is 9.59. The normalized spacial score (nSPS) is 11.3. The van der Waals surface area contributed by atoms with Crippen LogP contribution in [-0.4, -0.2) is 30.1 Å². The van der Waals surface area contributed by atoms with Gasteiger partial charge in [-0.3, -0.25) is 20.1 Å². The van der Waals surface area contributed by atoms with Crippen molar-refractivity contribution in [1.82, 2.24) is 30.1 Å². The molecule has 0 saturated heterocycles. The van der Waals surface area contributed by atoms with Crippen molar-refractivity contribution in [3.63, 3.8) is 0 Å². The van der Waals surface area contributed by atoms with Crippen molar-refractivity contribution >= 4 is 33.2 Å². The summed E-state index contributed by atoms with van der Waals surface area (Å²) in [6.45, 7) is 6.28. The molecule has 6 aromatic rings. The van der Waals surface area contributed by atoms with Gasteiger partial charge in [-0.1, -0.05) is 19.9 Å². The number of anilines is 2. The van der Waals surface area contributed by atoms with Crippen molar-refractivity contribution in [1.29, 1.82) is 0 Å². The van der Waals surface area contributed by atoms with E-state index in [1.165, 1.54) is 12.1 Å². The minimum Gasteiger partial charge on any atom is -0.399 e. The number of halogens is 1. The van der Waals surface area contributed by atoms with Crippen molar-refractivity contribution in [3.05, 3.63) is 85.5 Å². The first kappa shape index (κ1) is 24.3. The van der Waals surface area contributed by atoms with Crippen LogP contribution in [0.3, 0.4) is 0 Å². The molecule has 0 spiro atoms. The lowest BCUT2D eigenvalue weighted by Crippen LogP contribution is -1.99. The second-order valence-corrected chi connectivity index (χ2v) is 9.59. The Bertz CT molecular complexity index is 1810. The summed E-state index contributed by atoms with van der Waals surface area (Å²) >= 11 is 0. The Hall–Kier alpha value is -5.05. The van der Waals surface area contributed by atoms with E-state index in [2.05, 4.69) is 49.0 Å². The fraction of sp³-hybridized carbons (Fsp3) is 0.133. The molecule has 0 aliphatic carbocycles. The minimum atomic E-state index is -0.393. The molecule has 5 N–H and O–H groups in total. The molecule has 8 nitrogen and oxygen atoms in total. The lowest BCUT2D eigenvalue weighted by atomic mass is 10.0. The van der Waals surface area contributed by atoms with E-state index in [0.717, 1.165) is 80.7 Å². The van der Waals surface area contributed by atoms with Crippen LogP contribution in [0.1, 0.15) is 26.2 Å². The predicted molar refractivity (Wildman–Crippen MR) is 154 cm³/mol. The standard InChI is InChI=1S/C30H27FN8/c1-3-4-5-17(2)36-22-8-19(12-33-13-22)26-11-24-29(16-35-26)38-39-30(24)27-10-23-25(14-34-15-28(23)37-27)18-6-20(31)9-21(32)7-18/h6-16,36-37H,2-5,32H2,1H3,(H,38,39). The number of hydrogen-bond donors (Lipinski definition) is 4. The molecule has 0 unspecified atom stereocenters. The van der Waals surface area contributed by atoms with E-state index in [1.54, 1.807) is 37.1 Å². The Morgan fingerprint density at radius 1 is 0.949 bits per heavy atom. The lowest BCUT2D eigenvalue weighted by Gasteiger charge is -2.10. The number of nitrogens with zero attached hydrogens (tertiary/aromatic N) is 4. The number of unbranched alkanes of at least 4 members (excludes halogenated alkanes) is 1. The number of H-pyrrole nitrogens is 2. The molecule has 194 valence electrons. The van der Waals surface area contributed by atoms with E-state index in [1.807, 2.05) is 18.2 Å². The van der Waals surface area contributed by atoms with Gasteiger partial charge in [-0.15, -0.1) is 0 Å². The van der Waals surface area contributed by atoms with E-state index < -0.39 is 5.82 Å². The van der Waals surface area contributed by atoms with Gasteiger partial charge in [-0.25, -0.2) is 4.39 Å². The summed E-state index contributed by atoms with van der Waals surface area (Å²) < 4.78 is 14.1. The van der Waals surface area contributed by atoms with E-state index in [9.17, 15) is 4.39 Å². The number of nitrogens with two attached hydrogens (primary N) is 1. The molecule has 0 saturated carbocycles. The van der Waals surface area contributed by atoms with Crippen LogP contribution in [0.15, 0.2) is 79.7 Å². The molecule has 0 fully saturated rings. The molecule has 9 heteroatoms. The largest absolute Gasteiger partial charge is 0.399 e. The topological polar surface area (TPSA) is 121 Å². The first-order valence-electron chi connectivity index (χ1n) is 12.8. The number of allylic oxidation sites excluding steroid dienone is 1. The van der Waals surface area contributed by atoms with Crippen LogP contribution in [0.5, 0.6) is 0 Å². The lowest BCUT2D eigenvalue weighted by molar-refractivity contribution is 0.629. The number of fused-ring (bicyclic) bond motifs is 2. The molecular formula is C30H27FN8. The summed E-state index contributed by atoms with van der Waals surface area (Å²) in [6, 6.07) is 10.5. The molecule has 5 heterocycles. The highest BCUT2D eigenvalue weighted by Crippen LogP contribution is 2.35. The van der Waals surface area contributed by atoms with Crippen LogP contribution in [0.25, 0.3) is 55.6 Å². The Balaban J connectivity index is 1.38. The van der Waals surface area contributed by atoms with Gasteiger partial charge in [0.15, 0.2) is 0 Å². The van der Waals surface area contributed by atoms with Gasteiger partial charge in [0.1, 0.15) is 11.5 Å². The Kier molecular flexibility index (Phi) is 6.24. The Morgan fingerprint density at radius 3 is 2.67 bits per heavy atom. The zero-order valence-corrected chi connectivity index (χ0v) is 21.4. The van der Waals surface area contributed by atoms with Gasteiger partial charge in [0.05, 0.1) is 46.7 Å². The monoisotopic (exact) mass is 518 g/mol.